The van der Waals surface area contributed by atoms with Gasteiger partial charge >= 0.3 is 5.97 Å². The number of hydrogen-bond donors (Lipinski definition) is 0. The van der Waals surface area contributed by atoms with Crippen molar-refractivity contribution in [3.63, 3.8) is 0 Å². The Bertz CT molecular complexity index is 2140. The quantitative estimate of drug-likeness (QED) is 0.194. The molecular weight excluding hydrogens is 560 g/mol. The van der Waals surface area contributed by atoms with Gasteiger partial charge in [-0.2, -0.15) is 0 Å². The molecule has 0 radical (unpaired) electrons. The number of ether oxygens (including phenoxy) is 1. The molecule has 0 saturated heterocycles. The number of rotatable bonds is 7. The summed E-state index contributed by atoms with van der Waals surface area (Å²) < 4.78 is 36.4. The molecule has 0 amide bonds. The summed E-state index contributed by atoms with van der Waals surface area (Å²) in [6.45, 7) is 4.68. The van der Waals surface area contributed by atoms with Gasteiger partial charge in [-0.1, -0.05) is 60.7 Å². The van der Waals surface area contributed by atoms with Crippen LogP contribution < -0.4 is 0 Å². The Hall–Kier alpha value is -4.76. The number of pyridine rings is 1. The average molecular weight is 591 g/mol. The zero-order valence-electron chi connectivity index (χ0n) is 24.1. The van der Waals surface area contributed by atoms with Crippen LogP contribution in [0.4, 0.5) is 0 Å². The van der Waals surface area contributed by atoms with E-state index in [2.05, 4.69) is 17.6 Å². The standard InChI is InChI=1S/C34H30N4O4S/c1-21-19-22(2)35-33-30(21)36-32(25-17-18-25)37(33)20-23-13-15-24(16-14-23)29-27-11-7-8-12-28(27)38(31(29)34(39)42-3)43(40,41)26-9-5-4-6-10-26/h4-16,19,25H,17-18,20H2,1-3H3. The lowest BCUT2D eigenvalue weighted by molar-refractivity contribution is 0.0594. The van der Waals surface area contributed by atoms with Crippen LogP contribution in [-0.4, -0.2) is 40.0 Å². The number of nitrogens with zero attached hydrogens (tertiary/aromatic N) is 4. The molecule has 7 rings (SSSR count). The second kappa shape index (κ2) is 10.2. The molecule has 1 aliphatic rings. The van der Waals surface area contributed by atoms with E-state index >= 15 is 0 Å². The number of methoxy groups -OCH3 is 1. The fourth-order valence-corrected chi connectivity index (χ4v) is 7.46. The number of carbonyl (C=O) groups excluding carboxylic acids is 1. The van der Waals surface area contributed by atoms with E-state index in [9.17, 15) is 13.2 Å². The molecule has 216 valence electrons. The van der Waals surface area contributed by atoms with Crippen molar-refractivity contribution in [1.82, 2.24) is 18.5 Å². The van der Waals surface area contributed by atoms with Crippen molar-refractivity contribution < 1.29 is 17.9 Å². The zero-order valence-corrected chi connectivity index (χ0v) is 24.9. The lowest BCUT2D eigenvalue weighted by Gasteiger charge is -2.12. The van der Waals surface area contributed by atoms with Gasteiger partial charge in [-0.15, -0.1) is 0 Å². The van der Waals surface area contributed by atoms with Crippen LogP contribution in [0.2, 0.25) is 0 Å². The molecule has 0 bridgehead atoms. The van der Waals surface area contributed by atoms with Crippen molar-refractivity contribution in [2.24, 2.45) is 0 Å². The summed E-state index contributed by atoms with van der Waals surface area (Å²) in [5.41, 5.74) is 6.56. The number of imidazole rings is 1. The Morgan fingerprint density at radius 2 is 1.63 bits per heavy atom. The molecule has 1 aliphatic carbocycles. The molecule has 1 saturated carbocycles. The molecule has 8 nitrogen and oxygen atoms in total. The molecule has 3 aromatic heterocycles. The maximum absolute atomic E-state index is 14.0. The molecule has 3 heterocycles. The molecule has 6 aromatic rings. The second-order valence-electron chi connectivity index (χ2n) is 11.1. The molecule has 0 atom stereocenters. The number of para-hydroxylation sites is 1. The van der Waals surface area contributed by atoms with E-state index < -0.39 is 16.0 Å². The smallest absolute Gasteiger partial charge is 0.356 e. The molecule has 0 spiro atoms. The van der Waals surface area contributed by atoms with Gasteiger partial charge in [0, 0.05) is 22.6 Å². The summed E-state index contributed by atoms with van der Waals surface area (Å²) in [7, 11) is -2.86. The van der Waals surface area contributed by atoms with Crippen LogP contribution in [0.1, 0.15) is 51.9 Å². The van der Waals surface area contributed by atoms with Crippen LogP contribution in [-0.2, 0) is 21.3 Å². The van der Waals surface area contributed by atoms with Crippen molar-refractivity contribution in [3.8, 4) is 11.1 Å². The van der Waals surface area contributed by atoms with Gasteiger partial charge in [0.2, 0.25) is 0 Å². The Morgan fingerprint density at radius 3 is 2.33 bits per heavy atom. The highest BCUT2D eigenvalue weighted by molar-refractivity contribution is 7.90. The molecule has 1 fully saturated rings. The van der Waals surface area contributed by atoms with E-state index in [4.69, 9.17) is 14.7 Å². The highest BCUT2D eigenvalue weighted by atomic mass is 32.2. The number of hydrogen-bond acceptors (Lipinski definition) is 6. The molecule has 3 aromatic carbocycles. The minimum atomic E-state index is -4.12. The summed E-state index contributed by atoms with van der Waals surface area (Å²) in [6, 6.07) is 25.2. The summed E-state index contributed by atoms with van der Waals surface area (Å²) in [5, 5.41) is 0.641. The third-order valence-electron chi connectivity index (χ3n) is 8.07. The van der Waals surface area contributed by atoms with Gasteiger partial charge in [-0.3, -0.25) is 0 Å². The van der Waals surface area contributed by atoms with E-state index in [1.807, 2.05) is 43.3 Å². The lowest BCUT2D eigenvalue weighted by Crippen LogP contribution is -2.19. The van der Waals surface area contributed by atoms with Gasteiger partial charge in [0.1, 0.15) is 11.3 Å². The number of fused-ring (bicyclic) bond motifs is 2. The normalized spacial score (nSPS) is 13.6. The first-order chi connectivity index (χ1) is 20.8. The summed E-state index contributed by atoms with van der Waals surface area (Å²) >= 11 is 0. The topological polar surface area (TPSA) is 96.1 Å². The number of esters is 1. The number of aryl methyl sites for hydroxylation is 2. The first kappa shape index (κ1) is 27.1. The minimum Gasteiger partial charge on any atom is -0.464 e. The average Bonchev–Trinajstić information content (AvgIpc) is 3.71. The number of aromatic nitrogens is 4. The van der Waals surface area contributed by atoms with Gasteiger partial charge < -0.3 is 9.30 Å². The first-order valence-corrected chi connectivity index (χ1v) is 15.7. The van der Waals surface area contributed by atoms with Gasteiger partial charge in [0.15, 0.2) is 11.3 Å². The van der Waals surface area contributed by atoms with Crippen molar-refractivity contribution in [2.45, 2.75) is 44.0 Å². The van der Waals surface area contributed by atoms with E-state index in [1.54, 1.807) is 30.3 Å². The Balaban J connectivity index is 1.36. The van der Waals surface area contributed by atoms with E-state index in [1.165, 1.54) is 19.2 Å². The van der Waals surface area contributed by atoms with Crippen LogP contribution >= 0.6 is 0 Å². The Kier molecular flexibility index (Phi) is 6.43. The summed E-state index contributed by atoms with van der Waals surface area (Å²) in [6.07, 6.45) is 2.26. The third kappa shape index (κ3) is 4.51. The van der Waals surface area contributed by atoms with E-state index in [0.29, 0.717) is 34.5 Å². The Morgan fingerprint density at radius 1 is 0.930 bits per heavy atom. The number of benzene rings is 3. The van der Waals surface area contributed by atoms with E-state index in [-0.39, 0.29) is 10.6 Å². The van der Waals surface area contributed by atoms with Crippen LogP contribution in [0.25, 0.3) is 33.2 Å². The molecule has 0 aliphatic heterocycles. The van der Waals surface area contributed by atoms with Crippen molar-refractivity contribution in [3.05, 3.63) is 113 Å². The van der Waals surface area contributed by atoms with Crippen LogP contribution in [0, 0.1) is 13.8 Å². The predicted octanol–water partition coefficient (Wildman–Crippen LogP) is 6.62. The minimum absolute atomic E-state index is 0.0351. The lowest BCUT2D eigenvalue weighted by atomic mass is 10.0. The molecular formula is C34H30N4O4S. The highest BCUT2D eigenvalue weighted by Gasteiger charge is 2.32. The zero-order chi connectivity index (χ0) is 29.9. The molecule has 9 heteroatoms. The van der Waals surface area contributed by atoms with Crippen LogP contribution in [0.5, 0.6) is 0 Å². The largest absolute Gasteiger partial charge is 0.464 e. The monoisotopic (exact) mass is 590 g/mol. The van der Waals surface area contributed by atoms with Crippen molar-refractivity contribution >= 4 is 38.1 Å². The van der Waals surface area contributed by atoms with Gasteiger partial charge in [0.05, 0.1) is 24.1 Å². The Labute approximate surface area is 249 Å². The highest BCUT2D eigenvalue weighted by Crippen LogP contribution is 2.41. The maximum Gasteiger partial charge on any atom is 0.356 e. The predicted molar refractivity (Wildman–Crippen MR) is 166 cm³/mol. The number of carbonyl (C=O) groups is 1. The molecule has 0 unspecified atom stereocenters. The first-order valence-electron chi connectivity index (χ1n) is 14.2. The SMILES string of the molecule is COC(=O)c1c(-c2ccc(Cn3c(C4CC4)nc4c(C)cc(C)nc43)cc2)c2ccccc2n1S(=O)(=O)c1ccccc1. The molecule has 43 heavy (non-hydrogen) atoms. The van der Waals surface area contributed by atoms with Gasteiger partial charge in [0.25, 0.3) is 10.0 Å². The fourth-order valence-electron chi connectivity index (χ4n) is 5.92. The van der Waals surface area contributed by atoms with Crippen LogP contribution in [0.15, 0.2) is 89.8 Å². The van der Waals surface area contributed by atoms with E-state index in [0.717, 1.165) is 50.6 Å². The third-order valence-corrected chi connectivity index (χ3v) is 9.80. The van der Waals surface area contributed by atoms with Crippen molar-refractivity contribution in [1.29, 1.82) is 0 Å². The maximum atomic E-state index is 14.0. The fraction of sp³-hybridized carbons (Fsp3) is 0.206. The second-order valence-corrected chi connectivity index (χ2v) is 12.9. The summed E-state index contributed by atoms with van der Waals surface area (Å²) in [4.78, 5) is 23.2. The summed E-state index contributed by atoms with van der Waals surface area (Å²) in [5.74, 6) is 0.793. The van der Waals surface area contributed by atoms with Gasteiger partial charge in [-0.25, -0.2) is 27.2 Å². The van der Waals surface area contributed by atoms with Crippen LogP contribution in [0.3, 0.4) is 0 Å². The van der Waals surface area contributed by atoms with Gasteiger partial charge in [-0.05, 0) is 67.6 Å². The molecule has 0 N–H and O–H groups in total. The van der Waals surface area contributed by atoms with Crippen molar-refractivity contribution in [2.75, 3.05) is 7.11 Å².